The Kier molecular flexibility index (Phi) is 6.37. The molecule has 0 bridgehead atoms. The van der Waals surface area contributed by atoms with E-state index in [4.69, 9.17) is 9.47 Å². The van der Waals surface area contributed by atoms with Crippen LogP contribution in [0.3, 0.4) is 0 Å². The van der Waals surface area contributed by atoms with Crippen LogP contribution in [0.5, 0.6) is 11.5 Å². The van der Waals surface area contributed by atoms with E-state index in [2.05, 4.69) is 34.2 Å². The van der Waals surface area contributed by atoms with Gasteiger partial charge in [0.2, 0.25) is 0 Å². The van der Waals surface area contributed by atoms with Gasteiger partial charge >= 0.3 is 0 Å². The van der Waals surface area contributed by atoms with E-state index in [0.717, 1.165) is 28.4 Å². The Labute approximate surface area is 136 Å². The molecule has 0 aliphatic heterocycles. The molecule has 118 valence electrons. The summed E-state index contributed by atoms with van der Waals surface area (Å²) in [4.78, 5) is 0. The van der Waals surface area contributed by atoms with Crippen molar-refractivity contribution in [2.45, 2.75) is 51.6 Å². The van der Waals surface area contributed by atoms with Crippen LogP contribution in [0.1, 0.15) is 44.6 Å². The van der Waals surface area contributed by atoms with Gasteiger partial charge in [0.05, 0.1) is 18.7 Å². The van der Waals surface area contributed by atoms with Crippen molar-refractivity contribution in [2.75, 3.05) is 14.2 Å². The smallest absolute Gasteiger partial charge is 0.174 e. The van der Waals surface area contributed by atoms with Crippen molar-refractivity contribution < 1.29 is 9.47 Å². The van der Waals surface area contributed by atoms with Crippen LogP contribution in [0.4, 0.5) is 0 Å². The van der Waals surface area contributed by atoms with Gasteiger partial charge in [0.25, 0.3) is 0 Å². The molecule has 0 saturated heterocycles. The minimum absolute atomic E-state index is 0.567. The van der Waals surface area contributed by atoms with Gasteiger partial charge in [-0.15, -0.1) is 0 Å². The van der Waals surface area contributed by atoms with E-state index in [1.54, 1.807) is 14.2 Å². The predicted octanol–water partition coefficient (Wildman–Crippen LogP) is 4.52. The molecule has 1 N–H and O–H groups in total. The molecule has 21 heavy (non-hydrogen) atoms. The predicted molar refractivity (Wildman–Crippen MR) is 90.1 cm³/mol. The quantitative estimate of drug-likeness (QED) is 0.813. The van der Waals surface area contributed by atoms with Gasteiger partial charge in [0.1, 0.15) is 0 Å². The second-order valence-electron chi connectivity index (χ2n) is 5.88. The first kappa shape index (κ1) is 16.6. The van der Waals surface area contributed by atoms with Gasteiger partial charge in [-0.2, -0.15) is 0 Å². The summed E-state index contributed by atoms with van der Waals surface area (Å²) in [6.07, 6.45) is 6.91. The maximum absolute atomic E-state index is 5.40. The molecule has 0 unspecified atom stereocenters. The van der Waals surface area contributed by atoms with E-state index >= 15 is 0 Å². The normalized spacial score (nSPS) is 17.5. The highest BCUT2D eigenvalue weighted by Crippen LogP contribution is 2.36. The van der Waals surface area contributed by atoms with Crippen LogP contribution in [-0.2, 0) is 6.54 Å². The van der Waals surface area contributed by atoms with Crippen molar-refractivity contribution in [3.63, 3.8) is 0 Å². The van der Waals surface area contributed by atoms with Crippen LogP contribution in [-0.4, -0.2) is 20.3 Å². The first-order valence-corrected chi connectivity index (χ1v) is 8.58. The molecular weight excluding hydrogens is 330 g/mol. The molecule has 1 aromatic rings. The molecule has 1 atom stereocenters. The van der Waals surface area contributed by atoms with Gasteiger partial charge in [0, 0.05) is 12.6 Å². The molecule has 1 saturated carbocycles. The standard InChI is InChI=1S/C17H26BrNO2/c1-12(14-7-5-4-6-8-14)19-11-13-9-15(18)17(21-3)16(10-13)20-2/h9-10,12,14,19H,4-8,11H2,1-3H3/t12-/m1/s1. The summed E-state index contributed by atoms with van der Waals surface area (Å²) < 4.78 is 11.7. The first-order chi connectivity index (χ1) is 10.2. The van der Waals surface area contributed by atoms with Gasteiger partial charge in [0.15, 0.2) is 11.5 Å². The van der Waals surface area contributed by atoms with Crippen LogP contribution in [0.25, 0.3) is 0 Å². The number of hydrogen-bond donors (Lipinski definition) is 1. The van der Waals surface area contributed by atoms with Crippen molar-refractivity contribution in [2.24, 2.45) is 5.92 Å². The first-order valence-electron chi connectivity index (χ1n) is 7.79. The third-order valence-corrected chi connectivity index (χ3v) is 5.07. The van der Waals surface area contributed by atoms with Crippen molar-refractivity contribution in [1.29, 1.82) is 0 Å². The molecule has 1 aliphatic rings. The van der Waals surface area contributed by atoms with Gasteiger partial charge in [-0.05, 0) is 59.3 Å². The monoisotopic (exact) mass is 355 g/mol. The highest BCUT2D eigenvalue weighted by molar-refractivity contribution is 9.10. The van der Waals surface area contributed by atoms with Crippen LogP contribution < -0.4 is 14.8 Å². The van der Waals surface area contributed by atoms with Crippen LogP contribution in [0, 0.1) is 5.92 Å². The number of hydrogen-bond acceptors (Lipinski definition) is 3. The summed E-state index contributed by atoms with van der Waals surface area (Å²) in [6.45, 7) is 3.17. The molecule has 1 aliphatic carbocycles. The highest BCUT2D eigenvalue weighted by atomic mass is 79.9. The Bertz CT molecular complexity index is 458. The Hall–Kier alpha value is -0.740. The van der Waals surface area contributed by atoms with Gasteiger partial charge in [-0.3, -0.25) is 0 Å². The van der Waals surface area contributed by atoms with Crippen molar-refractivity contribution in [3.8, 4) is 11.5 Å². The molecule has 4 heteroatoms. The van der Waals surface area contributed by atoms with E-state index in [0.29, 0.717) is 6.04 Å². The lowest BCUT2D eigenvalue weighted by atomic mass is 9.84. The molecule has 0 amide bonds. The number of methoxy groups -OCH3 is 2. The van der Waals surface area contributed by atoms with Gasteiger partial charge in [-0.25, -0.2) is 0 Å². The fourth-order valence-electron chi connectivity index (χ4n) is 3.15. The molecule has 1 aromatic carbocycles. The Balaban J connectivity index is 1.97. The van der Waals surface area contributed by atoms with Crippen LogP contribution >= 0.6 is 15.9 Å². The van der Waals surface area contributed by atoms with E-state index in [1.807, 2.05) is 6.07 Å². The maximum Gasteiger partial charge on any atom is 0.174 e. The average Bonchev–Trinajstić information content (AvgIpc) is 2.52. The average molecular weight is 356 g/mol. The molecule has 0 radical (unpaired) electrons. The van der Waals surface area contributed by atoms with E-state index in [9.17, 15) is 0 Å². The topological polar surface area (TPSA) is 30.5 Å². The molecule has 0 aromatic heterocycles. The van der Waals surface area contributed by atoms with Crippen LogP contribution in [0.2, 0.25) is 0 Å². The summed E-state index contributed by atoms with van der Waals surface area (Å²) in [5.74, 6) is 2.35. The Morgan fingerprint density at radius 1 is 1.19 bits per heavy atom. The van der Waals surface area contributed by atoms with Gasteiger partial charge < -0.3 is 14.8 Å². The molecule has 3 nitrogen and oxygen atoms in total. The van der Waals surface area contributed by atoms with E-state index in [1.165, 1.54) is 37.7 Å². The fraction of sp³-hybridized carbons (Fsp3) is 0.647. The van der Waals surface area contributed by atoms with E-state index in [-0.39, 0.29) is 0 Å². The zero-order valence-corrected chi connectivity index (χ0v) is 14.8. The van der Waals surface area contributed by atoms with E-state index < -0.39 is 0 Å². The number of rotatable bonds is 6. The lowest BCUT2D eigenvalue weighted by Crippen LogP contribution is -2.34. The maximum atomic E-state index is 5.40. The summed E-state index contributed by atoms with van der Waals surface area (Å²) in [6, 6.07) is 4.71. The second-order valence-corrected chi connectivity index (χ2v) is 6.74. The number of nitrogens with one attached hydrogen (secondary N) is 1. The molecule has 0 heterocycles. The van der Waals surface area contributed by atoms with Gasteiger partial charge in [-0.1, -0.05) is 19.3 Å². The minimum atomic E-state index is 0.567. The van der Waals surface area contributed by atoms with Crippen molar-refractivity contribution in [3.05, 3.63) is 22.2 Å². The van der Waals surface area contributed by atoms with Crippen molar-refractivity contribution >= 4 is 15.9 Å². The summed E-state index contributed by atoms with van der Waals surface area (Å²) in [5, 5.41) is 3.67. The lowest BCUT2D eigenvalue weighted by molar-refractivity contribution is 0.280. The zero-order valence-electron chi connectivity index (χ0n) is 13.2. The fourth-order valence-corrected chi connectivity index (χ4v) is 3.80. The molecule has 0 spiro atoms. The largest absolute Gasteiger partial charge is 0.493 e. The summed E-state index contributed by atoms with van der Waals surface area (Å²) in [7, 11) is 3.33. The Morgan fingerprint density at radius 2 is 1.90 bits per heavy atom. The number of ether oxygens (including phenoxy) is 2. The number of benzene rings is 1. The zero-order chi connectivity index (χ0) is 15.2. The Morgan fingerprint density at radius 3 is 2.52 bits per heavy atom. The molecule has 1 fully saturated rings. The summed E-state index contributed by atoms with van der Waals surface area (Å²) in [5.41, 5.74) is 1.21. The third-order valence-electron chi connectivity index (χ3n) is 4.48. The third kappa shape index (κ3) is 4.36. The molecular formula is C17H26BrNO2. The SMILES string of the molecule is COc1cc(CN[C@H](C)C2CCCCC2)cc(Br)c1OC. The lowest BCUT2D eigenvalue weighted by Gasteiger charge is -2.28. The minimum Gasteiger partial charge on any atom is -0.493 e. The number of halogens is 1. The van der Waals surface area contributed by atoms with Crippen molar-refractivity contribution in [1.82, 2.24) is 5.32 Å². The summed E-state index contributed by atoms with van der Waals surface area (Å²) >= 11 is 3.55. The molecule has 2 rings (SSSR count). The highest BCUT2D eigenvalue weighted by Gasteiger charge is 2.19. The second kappa shape index (κ2) is 8.04. The van der Waals surface area contributed by atoms with Crippen LogP contribution in [0.15, 0.2) is 16.6 Å².